The topological polar surface area (TPSA) is 21.3 Å². The van der Waals surface area contributed by atoms with E-state index < -0.39 is 0 Å². The van der Waals surface area contributed by atoms with Crippen molar-refractivity contribution in [1.29, 1.82) is 0 Å². The third-order valence-corrected chi connectivity index (χ3v) is 3.30. The molecule has 1 saturated heterocycles. The van der Waals surface area contributed by atoms with E-state index >= 15 is 0 Å². The maximum Gasteiger partial charge on any atom is 0.131 e. The third kappa shape index (κ3) is 2.47. The minimum absolute atomic E-state index is 0.280. The minimum Gasteiger partial charge on any atom is -0.497 e. The average molecular weight is 244 g/mol. The molecule has 2 rings (SSSR count). The Morgan fingerprint density at radius 2 is 2.38 bits per heavy atom. The number of methoxy groups -OCH3 is 1. The van der Waals surface area contributed by atoms with Crippen LogP contribution in [-0.4, -0.2) is 19.7 Å². The van der Waals surface area contributed by atoms with Gasteiger partial charge in [-0.3, -0.25) is 0 Å². The van der Waals surface area contributed by atoms with Gasteiger partial charge in [-0.1, -0.05) is 11.6 Å². The Kier molecular flexibility index (Phi) is 3.66. The second-order valence-electron chi connectivity index (χ2n) is 4.07. The summed E-state index contributed by atoms with van der Waals surface area (Å²) in [6.07, 6.45) is 2.89. The zero-order chi connectivity index (χ0) is 11.5. The Bertz CT molecular complexity index is 354. The van der Waals surface area contributed by atoms with Crippen molar-refractivity contribution in [3.05, 3.63) is 28.5 Å². The fourth-order valence-electron chi connectivity index (χ4n) is 2.07. The van der Waals surface area contributed by atoms with E-state index in [0.717, 1.165) is 19.4 Å². The Balaban J connectivity index is 2.19. The lowest BCUT2D eigenvalue weighted by atomic mass is 10.0. The quantitative estimate of drug-likeness (QED) is 0.882. The average Bonchev–Trinajstić information content (AvgIpc) is 2.75. The molecular weight excluding hydrogens is 229 g/mol. The van der Waals surface area contributed by atoms with Crippen molar-refractivity contribution in [1.82, 2.24) is 5.32 Å². The van der Waals surface area contributed by atoms with Gasteiger partial charge < -0.3 is 10.1 Å². The number of benzene rings is 1. The molecule has 1 unspecified atom stereocenters. The predicted octanol–water partition coefficient (Wildman–Crippen LogP) is 2.78. The molecule has 1 aromatic rings. The fourth-order valence-corrected chi connectivity index (χ4v) is 2.34. The molecule has 88 valence electrons. The van der Waals surface area contributed by atoms with Gasteiger partial charge in [0.1, 0.15) is 11.6 Å². The van der Waals surface area contributed by atoms with E-state index in [4.69, 9.17) is 16.3 Å². The van der Waals surface area contributed by atoms with Gasteiger partial charge in [-0.2, -0.15) is 0 Å². The van der Waals surface area contributed by atoms with Crippen molar-refractivity contribution in [3.63, 3.8) is 0 Å². The van der Waals surface area contributed by atoms with E-state index in [1.807, 2.05) is 0 Å². The maximum atomic E-state index is 13.8. The molecule has 0 aliphatic carbocycles. The highest BCUT2D eigenvalue weighted by molar-refractivity contribution is 6.31. The first-order chi connectivity index (χ1) is 7.70. The lowest BCUT2D eigenvalue weighted by Crippen LogP contribution is -2.24. The molecule has 0 saturated carbocycles. The molecule has 0 amide bonds. The van der Waals surface area contributed by atoms with E-state index in [2.05, 4.69) is 5.32 Å². The molecule has 0 spiro atoms. The number of hydrogen-bond acceptors (Lipinski definition) is 2. The molecular formula is C12H15ClFNO. The fraction of sp³-hybridized carbons (Fsp3) is 0.500. The molecule has 1 aromatic carbocycles. The highest BCUT2D eigenvalue weighted by atomic mass is 35.5. The second-order valence-corrected chi connectivity index (χ2v) is 4.47. The lowest BCUT2D eigenvalue weighted by molar-refractivity contribution is 0.410. The molecule has 0 bridgehead atoms. The molecule has 1 N–H and O–H groups in total. The van der Waals surface area contributed by atoms with Crippen molar-refractivity contribution < 1.29 is 9.13 Å². The number of rotatable bonds is 3. The van der Waals surface area contributed by atoms with Crippen LogP contribution in [0.25, 0.3) is 0 Å². The van der Waals surface area contributed by atoms with Gasteiger partial charge in [0, 0.05) is 17.7 Å². The second kappa shape index (κ2) is 5.02. The van der Waals surface area contributed by atoms with Crippen LogP contribution in [0.1, 0.15) is 18.4 Å². The summed E-state index contributed by atoms with van der Waals surface area (Å²) in [5.41, 5.74) is 0.585. The first kappa shape index (κ1) is 11.7. The third-order valence-electron chi connectivity index (χ3n) is 2.96. The molecule has 1 atom stereocenters. The van der Waals surface area contributed by atoms with Gasteiger partial charge in [-0.05, 0) is 31.9 Å². The SMILES string of the molecule is COc1cc(F)c(CC2CCCN2)c(Cl)c1. The standard InChI is InChI=1S/C12H15ClFNO/c1-16-9-6-11(13)10(12(14)7-9)5-8-3-2-4-15-8/h6-8,15H,2-5H2,1H3. The van der Waals surface area contributed by atoms with Gasteiger partial charge in [0.2, 0.25) is 0 Å². The summed E-state index contributed by atoms with van der Waals surface area (Å²) in [5, 5.41) is 3.78. The van der Waals surface area contributed by atoms with Gasteiger partial charge in [0.25, 0.3) is 0 Å². The number of nitrogens with one attached hydrogen (secondary N) is 1. The van der Waals surface area contributed by atoms with Gasteiger partial charge in [0.05, 0.1) is 12.1 Å². The summed E-state index contributed by atoms with van der Waals surface area (Å²) in [7, 11) is 1.50. The lowest BCUT2D eigenvalue weighted by Gasteiger charge is -2.13. The van der Waals surface area contributed by atoms with Crippen LogP contribution >= 0.6 is 11.6 Å². The molecule has 1 aliphatic rings. The van der Waals surface area contributed by atoms with Crippen LogP contribution in [0.2, 0.25) is 5.02 Å². The van der Waals surface area contributed by atoms with E-state index in [-0.39, 0.29) is 5.82 Å². The van der Waals surface area contributed by atoms with Crippen molar-refractivity contribution in [2.45, 2.75) is 25.3 Å². The van der Waals surface area contributed by atoms with Crippen LogP contribution in [0.4, 0.5) is 4.39 Å². The van der Waals surface area contributed by atoms with Gasteiger partial charge in [-0.25, -0.2) is 4.39 Å². The zero-order valence-electron chi connectivity index (χ0n) is 9.22. The van der Waals surface area contributed by atoms with Crippen molar-refractivity contribution in [3.8, 4) is 5.75 Å². The highest BCUT2D eigenvalue weighted by Gasteiger charge is 2.19. The van der Waals surface area contributed by atoms with Crippen LogP contribution in [0, 0.1) is 5.82 Å². The summed E-state index contributed by atoms with van der Waals surface area (Å²) < 4.78 is 18.7. The molecule has 1 heterocycles. The Hall–Kier alpha value is -0.800. The Morgan fingerprint density at radius 3 is 2.94 bits per heavy atom. The number of halogens is 2. The van der Waals surface area contributed by atoms with Crippen LogP contribution in [0.5, 0.6) is 5.75 Å². The van der Waals surface area contributed by atoms with E-state index in [0.29, 0.717) is 28.8 Å². The van der Waals surface area contributed by atoms with Gasteiger partial charge >= 0.3 is 0 Å². The van der Waals surface area contributed by atoms with Crippen LogP contribution < -0.4 is 10.1 Å². The molecule has 4 heteroatoms. The molecule has 0 aromatic heterocycles. The summed E-state index contributed by atoms with van der Waals surface area (Å²) in [5.74, 6) is 0.184. The molecule has 16 heavy (non-hydrogen) atoms. The molecule has 1 fully saturated rings. The first-order valence-corrected chi connectivity index (χ1v) is 5.84. The van der Waals surface area contributed by atoms with Crippen molar-refractivity contribution in [2.24, 2.45) is 0 Å². The van der Waals surface area contributed by atoms with Gasteiger partial charge in [-0.15, -0.1) is 0 Å². The van der Waals surface area contributed by atoms with Crippen LogP contribution in [0.3, 0.4) is 0 Å². The van der Waals surface area contributed by atoms with Crippen molar-refractivity contribution in [2.75, 3.05) is 13.7 Å². The van der Waals surface area contributed by atoms with Crippen LogP contribution in [-0.2, 0) is 6.42 Å². The van der Waals surface area contributed by atoms with E-state index in [9.17, 15) is 4.39 Å². The predicted molar refractivity (Wildman–Crippen MR) is 62.7 cm³/mol. The number of hydrogen-bond donors (Lipinski definition) is 1. The maximum absolute atomic E-state index is 13.8. The first-order valence-electron chi connectivity index (χ1n) is 5.46. The normalized spacial score (nSPS) is 20.1. The summed E-state index contributed by atoms with van der Waals surface area (Å²) in [6.45, 7) is 1.01. The summed E-state index contributed by atoms with van der Waals surface area (Å²) in [4.78, 5) is 0. The monoisotopic (exact) mass is 243 g/mol. The summed E-state index contributed by atoms with van der Waals surface area (Å²) >= 11 is 6.04. The number of ether oxygens (including phenoxy) is 1. The van der Waals surface area contributed by atoms with Gasteiger partial charge in [0.15, 0.2) is 0 Å². The molecule has 2 nitrogen and oxygen atoms in total. The zero-order valence-corrected chi connectivity index (χ0v) is 9.98. The van der Waals surface area contributed by atoms with Crippen molar-refractivity contribution >= 4 is 11.6 Å². The minimum atomic E-state index is -0.280. The smallest absolute Gasteiger partial charge is 0.131 e. The highest BCUT2D eigenvalue weighted by Crippen LogP contribution is 2.27. The summed E-state index contributed by atoms with van der Waals surface area (Å²) in [6, 6.07) is 3.39. The van der Waals surface area contributed by atoms with E-state index in [1.165, 1.54) is 13.2 Å². The Labute approximate surface area is 99.7 Å². The molecule has 0 radical (unpaired) electrons. The Morgan fingerprint density at radius 1 is 1.56 bits per heavy atom. The van der Waals surface area contributed by atoms with Crippen LogP contribution in [0.15, 0.2) is 12.1 Å². The molecule has 1 aliphatic heterocycles. The van der Waals surface area contributed by atoms with E-state index in [1.54, 1.807) is 6.07 Å². The largest absolute Gasteiger partial charge is 0.497 e.